The molecule has 0 atom stereocenters. The second kappa shape index (κ2) is 9.49. The maximum atomic E-state index is 14.3. The zero-order chi connectivity index (χ0) is 22.4. The Morgan fingerprint density at radius 1 is 0.677 bits per heavy atom. The van der Waals surface area contributed by atoms with Crippen molar-refractivity contribution in [3.63, 3.8) is 0 Å². The monoisotopic (exact) mass is 424 g/mol. The van der Waals surface area contributed by atoms with E-state index in [2.05, 4.69) is 30.6 Å². The minimum absolute atomic E-state index is 0.0142. The zero-order valence-electron chi connectivity index (χ0n) is 16.6. The van der Waals surface area contributed by atoms with Gasteiger partial charge in [0.05, 0.1) is 11.1 Å². The third-order valence-electron chi connectivity index (χ3n) is 4.43. The molecule has 3 aromatic rings. The number of halogens is 5. The molecule has 0 aliphatic heterocycles. The lowest BCUT2D eigenvalue weighted by atomic mass is 10.1. The summed E-state index contributed by atoms with van der Waals surface area (Å²) in [6.07, 6.45) is -2.72. The Hall–Kier alpha value is -3.57. The molecule has 0 N–H and O–H groups in total. The normalized spacial score (nSPS) is 10.6. The van der Waals surface area contributed by atoms with Gasteiger partial charge in [0, 0.05) is 16.7 Å². The molecule has 0 saturated heterocycles. The van der Waals surface area contributed by atoms with Gasteiger partial charge in [-0.2, -0.15) is 13.2 Å². The SMILES string of the molecule is CCCc1ccc(C#Cc2ccc(C#Cc3ccc(C(F)(F)F)c(F)c3)c(F)c2)cc1. The first-order valence-electron chi connectivity index (χ1n) is 9.55. The molecule has 0 fully saturated rings. The first kappa shape index (κ1) is 22.1. The van der Waals surface area contributed by atoms with Crippen molar-refractivity contribution in [2.24, 2.45) is 0 Å². The van der Waals surface area contributed by atoms with Gasteiger partial charge in [-0.05, 0) is 60.5 Å². The first-order valence-corrected chi connectivity index (χ1v) is 9.55. The van der Waals surface area contributed by atoms with Crippen LogP contribution in [-0.4, -0.2) is 0 Å². The number of hydrogen-bond acceptors (Lipinski definition) is 0. The predicted molar refractivity (Wildman–Crippen MR) is 110 cm³/mol. The Balaban J connectivity index is 1.76. The fourth-order valence-electron chi connectivity index (χ4n) is 2.84. The number of alkyl halides is 3. The highest BCUT2D eigenvalue weighted by Crippen LogP contribution is 2.31. The van der Waals surface area contributed by atoms with Crippen molar-refractivity contribution >= 4 is 0 Å². The molecule has 3 aromatic carbocycles. The minimum Gasteiger partial charge on any atom is -0.206 e. The van der Waals surface area contributed by atoms with Gasteiger partial charge in [0.1, 0.15) is 11.6 Å². The molecule has 156 valence electrons. The van der Waals surface area contributed by atoms with Crippen LogP contribution in [0.5, 0.6) is 0 Å². The molecule has 3 rings (SSSR count). The highest BCUT2D eigenvalue weighted by atomic mass is 19.4. The average Bonchev–Trinajstić information content (AvgIpc) is 2.72. The summed E-state index contributed by atoms with van der Waals surface area (Å²) in [6.45, 7) is 2.11. The summed E-state index contributed by atoms with van der Waals surface area (Å²) in [6, 6.07) is 14.4. The summed E-state index contributed by atoms with van der Waals surface area (Å²) in [5, 5.41) is 0. The minimum atomic E-state index is -4.78. The van der Waals surface area contributed by atoms with Crippen molar-refractivity contribution in [2.75, 3.05) is 0 Å². The van der Waals surface area contributed by atoms with Crippen molar-refractivity contribution < 1.29 is 22.0 Å². The Bertz CT molecular complexity index is 1200. The van der Waals surface area contributed by atoms with Crippen LogP contribution in [0.4, 0.5) is 22.0 Å². The van der Waals surface area contributed by atoms with E-state index < -0.39 is 23.4 Å². The van der Waals surface area contributed by atoms with E-state index in [9.17, 15) is 22.0 Å². The summed E-state index contributed by atoms with van der Waals surface area (Å²) >= 11 is 0. The van der Waals surface area contributed by atoms with Gasteiger partial charge in [0.15, 0.2) is 0 Å². The highest BCUT2D eigenvalue weighted by Gasteiger charge is 2.33. The van der Waals surface area contributed by atoms with Crippen LogP contribution in [0.1, 0.15) is 46.7 Å². The molecule has 0 aliphatic rings. The molecule has 0 radical (unpaired) electrons. The Morgan fingerprint density at radius 3 is 1.81 bits per heavy atom. The molecule has 0 aromatic heterocycles. The maximum Gasteiger partial charge on any atom is 0.419 e. The Morgan fingerprint density at radius 2 is 1.23 bits per heavy atom. The van der Waals surface area contributed by atoms with Crippen LogP contribution in [0.2, 0.25) is 0 Å². The zero-order valence-corrected chi connectivity index (χ0v) is 16.6. The summed E-state index contributed by atoms with van der Waals surface area (Å²) < 4.78 is 65.8. The number of benzene rings is 3. The number of hydrogen-bond donors (Lipinski definition) is 0. The molecular weight excluding hydrogens is 407 g/mol. The summed E-state index contributed by atoms with van der Waals surface area (Å²) in [5.41, 5.74) is 1.19. The van der Waals surface area contributed by atoms with Crippen molar-refractivity contribution in [3.8, 4) is 23.7 Å². The average molecular weight is 424 g/mol. The molecular formula is C26H17F5. The highest BCUT2D eigenvalue weighted by molar-refractivity contribution is 5.49. The lowest BCUT2D eigenvalue weighted by Crippen LogP contribution is -2.07. The lowest BCUT2D eigenvalue weighted by Gasteiger charge is -2.07. The molecule has 0 saturated carbocycles. The van der Waals surface area contributed by atoms with E-state index in [-0.39, 0.29) is 11.1 Å². The summed E-state index contributed by atoms with van der Waals surface area (Å²) in [4.78, 5) is 0. The Kier molecular flexibility index (Phi) is 6.78. The molecule has 0 unspecified atom stereocenters. The molecule has 5 heteroatoms. The van der Waals surface area contributed by atoms with E-state index in [0.29, 0.717) is 17.7 Å². The maximum absolute atomic E-state index is 14.3. The van der Waals surface area contributed by atoms with Gasteiger partial charge in [-0.25, -0.2) is 8.78 Å². The second-order valence-electron chi connectivity index (χ2n) is 6.83. The fraction of sp³-hybridized carbons (Fsp3) is 0.154. The number of rotatable bonds is 2. The molecule has 0 heterocycles. The largest absolute Gasteiger partial charge is 0.419 e. The quantitative estimate of drug-likeness (QED) is 0.316. The van der Waals surface area contributed by atoms with Gasteiger partial charge in [-0.3, -0.25) is 0 Å². The van der Waals surface area contributed by atoms with E-state index in [1.165, 1.54) is 17.7 Å². The van der Waals surface area contributed by atoms with Gasteiger partial charge in [0.2, 0.25) is 0 Å². The van der Waals surface area contributed by atoms with Crippen LogP contribution in [0.15, 0.2) is 60.7 Å². The van der Waals surface area contributed by atoms with Crippen LogP contribution in [0, 0.1) is 35.3 Å². The van der Waals surface area contributed by atoms with Crippen LogP contribution in [-0.2, 0) is 12.6 Å². The van der Waals surface area contributed by atoms with E-state index in [4.69, 9.17) is 0 Å². The van der Waals surface area contributed by atoms with Crippen LogP contribution in [0.3, 0.4) is 0 Å². The van der Waals surface area contributed by atoms with Crippen LogP contribution < -0.4 is 0 Å². The third kappa shape index (κ3) is 5.96. The topological polar surface area (TPSA) is 0 Å². The van der Waals surface area contributed by atoms with Gasteiger partial charge in [-0.1, -0.05) is 49.2 Å². The fourth-order valence-corrected chi connectivity index (χ4v) is 2.84. The Labute approximate surface area is 177 Å². The van der Waals surface area contributed by atoms with Crippen LogP contribution >= 0.6 is 0 Å². The third-order valence-corrected chi connectivity index (χ3v) is 4.43. The number of aryl methyl sites for hydroxylation is 1. The predicted octanol–water partition coefficient (Wildman–Crippen LogP) is 6.74. The van der Waals surface area contributed by atoms with E-state index in [1.54, 1.807) is 6.07 Å². The summed E-state index contributed by atoms with van der Waals surface area (Å²) in [5.74, 6) is 8.81. The van der Waals surface area contributed by atoms with Crippen molar-refractivity contribution in [1.82, 2.24) is 0 Å². The van der Waals surface area contributed by atoms with Gasteiger partial charge >= 0.3 is 6.18 Å². The van der Waals surface area contributed by atoms with Crippen molar-refractivity contribution in [2.45, 2.75) is 25.9 Å². The van der Waals surface area contributed by atoms with Gasteiger partial charge in [0.25, 0.3) is 0 Å². The second-order valence-corrected chi connectivity index (χ2v) is 6.83. The lowest BCUT2D eigenvalue weighted by molar-refractivity contribution is -0.140. The molecule has 0 spiro atoms. The van der Waals surface area contributed by atoms with Crippen LogP contribution in [0.25, 0.3) is 0 Å². The smallest absolute Gasteiger partial charge is 0.206 e. The molecule has 0 aliphatic carbocycles. The standard InChI is InChI=1S/C26H17F5/c1-2-3-18-4-6-19(7-5-18)8-9-20-10-13-22(24(27)16-20)14-11-21-12-15-23(25(28)17-21)26(29,30)31/h4-7,10,12-13,15-17H,2-3H2,1H3. The molecule has 31 heavy (non-hydrogen) atoms. The summed E-state index contributed by atoms with van der Waals surface area (Å²) in [7, 11) is 0. The van der Waals surface area contributed by atoms with Crippen molar-refractivity contribution in [1.29, 1.82) is 0 Å². The first-order chi connectivity index (χ1) is 14.8. The van der Waals surface area contributed by atoms with Gasteiger partial charge < -0.3 is 0 Å². The van der Waals surface area contributed by atoms with E-state index in [0.717, 1.165) is 24.5 Å². The van der Waals surface area contributed by atoms with Crippen molar-refractivity contribution in [3.05, 3.63) is 106 Å². The molecule has 0 amide bonds. The van der Waals surface area contributed by atoms with Gasteiger partial charge in [-0.15, -0.1) is 0 Å². The molecule has 0 bridgehead atoms. The molecule has 0 nitrogen and oxygen atoms in total. The van der Waals surface area contributed by atoms with E-state index >= 15 is 0 Å². The van der Waals surface area contributed by atoms with E-state index in [1.807, 2.05) is 24.3 Å².